The lowest BCUT2D eigenvalue weighted by Crippen LogP contribution is -2.87. The van der Waals surface area contributed by atoms with Crippen LogP contribution in [0.2, 0.25) is 5.02 Å². The first-order chi connectivity index (χ1) is 9.67. The summed E-state index contributed by atoms with van der Waals surface area (Å²) in [5.74, 6) is -0.322. The fourth-order valence-corrected chi connectivity index (χ4v) is 1.86. The standard InChI is InChI=1S/C15H22ClN3O2/c1-10(11-5-7-12(16)8-6-11)17-9-13(20)18-14(21)19-15(2,3)4/h5-8,10,17H,9H2,1-4H3,(H2,18,19,20,21)/p+1/t10-/m1/s1. The number of halogens is 1. The molecule has 1 aromatic carbocycles. The van der Waals surface area contributed by atoms with E-state index in [1.807, 2.05) is 57.3 Å². The van der Waals surface area contributed by atoms with E-state index < -0.39 is 6.03 Å². The summed E-state index contributed by atoms with van der Waals surface area (Å²) in [5.41, 5.74) is 0.705. The number of urea groups is 1. The van der Waals surface area contributed by atoms with Crippen molar-refractivity contribution < 1.29 is 14.9 Å². The fourth-order valence-electron chi connectivity index (χ4n) is 1.74. The summed E-state index contributed by atoms with van der Waals surface area (Å²) in [5, 5.41) is 7.53. The van der Waals surface area contributed by atoms with E-state index in [0.29, 0.717) is 5.02 Å². The number of carbonyl (C=O) groups is 2. The molecule has 3 amide bonds. The molecule has 0 aliphatic rings. The molecule has 0 saturated carbocycles. The van der Waals surface area contributed by atoms with Crippen LogP contribution in [0, 0.1) is 0 Å². The van der Waals surface area contributed by atoms with Crippen molar-refractivity contribution in [3.63, 3.8) is 0 Å². The zero-order chi connectivity index (χ0) is 16.0. The van der Waals surface area contributed by atoms with Gasteiger partial charge in [-0.15, -0.1) is 0 Å². The van der Waals surface area contributed by atoms with Gasteiger partial charge in [0.25, 0.3) is 5.91 Å². The summed E-state index contributed by atoms with van der Waals surface area (Å²) in [4.78, 5) is 23.3. The minimum absolute atomic E-state index is 0.110. The number of carbonyl (C=O) groups excluding carboxylic acids is 2. The highest BCUT2D eigenvalue weighted by Gasteiger charge is 2.17. The molecule has 0 aromatic heterocycles. The summed E-state index contributed by atoms with van der Waals surface area (Å²) in [6.07, 6.45) is 0. The van der Waals surface area contributed by atoms with Crippen LogP contribution in [0.25, 0.3) is 0 Å². The second kappa shape index (κ2) is 7.43. The van der Waals surface area contributed by atoms with Crippen molar-refractivity contribution in [3.05, 3.63) is 34.9 Å². The average molecular weight is 313 g/mol. The van der Waals surface area contributed by atoms with Crippen molar-refractivity contribution in [1.29, 1.82) is 0 Å². The van der Waals surface area contributed by atoms with E-state index in [1.54, 1.807) is 0 Å². The molecule has 21 heavy (non-hydrogen) atoms. The number of imide groups is 1. The first-order valence-corrected chi connectivity index (χ1v) is 7.26. The van der Waals surface area contributed by atoms with Crippen LogP contribution in [0.5, 0.6) is 0 Å². The molecule has 0 unspecified atom stereocenters. The van der Waals surface area contributed by atoms with Gasteiger partial charge in [0.05, 0.1) is 0 Å². The van der Waals surface area contributed by atoms with Crippen LogP contribution in [-0.4, -0.2) is 24.0 Å². The Labute approximate surface area is 130 Å². The van der Waals surface area contributed by atoms with Crippen LogP contribution in [0.15, 0.2) is 24.3 Å². The molecule has 0 fully saturated rings. The third kappa shape index (κ3) is 7.11. The largest absolute Gasteiger partial charge is 0.333 e. The molecule has 0 radical (unpaired) electrons. The number of hydrogen-bond donors (Lipinski definition) is 3. The summed E-state index contributed by atoms with van der Waals surface area (Å²) >= 11 is 5.84. The number of benzene rings is 1. The Balaban J connectivity index is 2.39. The highest BCUT2D eigenvalue weighted by molar-refractivity contribution is 6.30. The molecule has 0 bridgehead atoms. The van der Waals surface area contributed by atoms with E-state index in [0.717, 1.165) is 5.56 Å². The van der Waals surface area contributed by atoms with Crippen LogP contribution in [0.3, 0.4) is 0 Å². The minimum Gasteiger partial charge on any atom is -0.333 e. The van der Waals surface area contributed by atoms with Crippen molar-refractivity contribution in [2.45, 2.75) is 39.3 Å². The van der Waals surface area contributed by atoms with E-state index in [1.165, 1.54) is 0 Å². The fraction of sp³-hybridized carbons (Fsp3) is 0.467. The molecule has 0 saturated heterocycles. The monoisotopic (exact) mass is 312 g/mol. The van der Waals surface area contributed by atoms with Gasteiger partial charge in [-0.3, -0.25) is 10.1 Å². The van der Waals surface area contributed by atoms with Gasteiger partial charge in [0.1, 0.15) is 6.04 Å². The smallest absolute Gasteiger partial charge is 0.322 e. The molecular formula is C15H23ClN3O2+. The topological polar surface area (TPSA) is 74.8 Å². The molecule has 116 valence electrons. The Bertz CT molecular complexity index is 495. The lowest BCUT2D eigenvalue weighted by Gasteiger charge is -2.20. The molecule has 0 aliphatic carbocycles. The quantitative estimate of drug-likeness (QED) is 0.790. The predicted molar refractivity (Wildman–Crippen MR) is 83.1 cm³/mol. The number of amides is 3. The van der Waals surface area contributed by atoms with E-state index in [4.69, 9.17) is 11.6 Å². The number of hydrogen-bond acceptors (Lipinski definition) is 2. The van der Waals surface area contributed by atoms with Gasteiger partial charge in [0.15, 0.2) is 6.54 Å². The maximum atomic E-state index is 11.7. The van der Waals surface area contributed by atoms with Gasteiger partial charge in [-0.2, -0.15) is 0 Å². The maximum absolute atomic E-state index is 11.7. The number of nitrogens with one attached hydrogen (secondary N) is 2. The summed E-state index contributed by atoms with van der Waals surface area (Å²) in [6, 6.07) is 7.12. The molecule has 4 N–H and O–H groups in total. The Hall–Kier alpha value is -1.59. The predicted octanol–water partition coefficient (Wildman–Crippen LogP) is 1.59. The molecule has 1 rings (SSSR count). The molecule has 0 aliphatic heterocycles. The van der Waals surface area contributed by atoms with Crippen molar-refractivity contribution in [2.24, 2.45) is 0 Å². The van der Waals surface area contributed by atoms with Gasteiger partial charge < -0.3 is 10.6 Å². The lowest BCUT2D eigenvalue weighted by molar-refractivity contribution is -0.682. The number of quaternary nitrogens is 1. The molecule has 1 aromatic rings. The third-order valence-corrected chi connectivity index (χ3v) is 3.05. The zero-order valence-corrected chi connectivity index (χ0v) is 13.6. The molecule has 5 nitrogen and oxygen atoms in total. The highest BCUT2D eigenvalue weighted by Crippen LogP contribution is 2.13. The Morgan fingerprint density at radius 3 is 2.33 bits per heavy atom. The van der Waals surface area contributed by atoms with Gasteiger partial charge in [-0.1, -0.05) is 23.7 Å². The van der Waals surface area contributed by atoms with Crippen molar-refractivity contribution in [2.75, 3.05) is 6.54 Å². The van der Waals surface area contributed by atoms with Crippen LogP contribution in [0.1, 0.15) is 39.3 Å². The third-order valence-electron chi connectivity index (χ3n) is 2.79. The van der Waals surface area contributed by atoms with E-state index in [9.17, 15) is 9.59 Å². The van der Waals surface area contributed by atoms with Crippen LogP contribution in [-0.2, 0) is 4.79 Å². The normalized spacial score (nSPS) is 12.6. The minimum atomic E-state index is -0.472. The first kappa shape index (κ1) is 17.5. The molecular weight excluding hydrogens is 290 g/mol. The van der Waals surface area contributed by atoms with Crippen molar-refractivity contribution in [3.8, 4) is 0 Å². The summed E-state index contributed by atoms with van der Waals surface area (Å²) < 4.78 is 0. The second-order valence-corrected chi connectivity index (χ2v) is 6.47. The summed E-state index contributed by atoms with van der Waals surface area (Å²) in [7, 11) is 0. The van der Waals surface area contributed by atoms with E-state index in [-0.39, 0.29) is 24.0 Å². The highest BCUT2D eigenvalue weighted by atomic mass is 35.5. The Kier molecular flexibility index (Phi) is 6.18. The second-order valence-electron chi connectivity index (χ2n) is 6.03. The first-order valence-electron chi connectivity index (χ1n) is 6.88. The Morgan fingerprint density at radius 1 is 1.24 bits per heavy atom. The summed E-state index contributed by atoms with van der Waals surface area (Å²) in [6.45, 7) is 7.73. The SMILES string of the molecule is C[C@@H]([NH2+]CC(=O)NC(=O)NC(C)(C)C)c1ccc(Cl)cc1. The van der Waals surface area contributed by atoms with Crippen LogP contribution >= 0.6 is 11.6 Å². The van der Waals surface area contributed by atoms with Gasteiger partial charge in [-0.05, 0) is 39.8 Å². The average Bonchev–Trinajstić information content (AvgIpc) is 2.34. The van der Waals surface area contributed by atoms with Crippen LogP contribution < -0.4 is 16.0 Å². The molecule has 0 heterocycles. The number of rotatable bonds is 4. The van der Waals surface area contributed by atoms with Gasteiger partial charge in [0.2, 0.25) is 0 Å². The zero-order valence-electron chi connectivity index (χ0n) is 12.9. The van der Waals surface area contributed by atoms with E-state index >= 15 is 0 Å². The lowest BCUT2D eigenvalue weighted by atomic mass is 10.1. The van der Waals surface area contributed by atoms with Gasteiger partial charge >= 0.3 is 6.03 Å². The van der Waals surface area contributed by atoms with E-state index in [2.05, 4.69) is 10.6 Å². The maximum Gasteiger partial charge on any atom is 0.322 e. The van der Waals surface area contributed by atoms with Crippen molar-refractivity contribution in [1.82, 2.24) is 10.6 Å². The van der Waals surface area contributed by atoms with Crippen molar-refractivity contribution >= 4 is 23.5 Å². The van der Waals surface area contributed by atoms with Gasteiger partial charge in [0, 0.05) is 16.1 Å². The number of nitrogens with two attached hydrogens (primary N) is 1. The molecule has 1 atom stereocenters. The molecule has 6 heteroatoms. The van der Waals surface area contributed by atoms with Crippen LogP contribution in [0.4, 0.5) is 4.79 Å². The Morgan fingerprint density at radius 2 is 1.81 bits per heavy atom. The molecule has 0 spiro atoms. The van der Waals surface area contributed by atoms with Gasteiger partial charge in [-0.25, -0.2) is 4.79 Å².